The van der Waals surface area contributed by atoms with Gasteiger partial charge in [-0.05, 0) is 37.3 Å². The molecule has 160 valence electrons. The molecule has 2 aromatic rings. The van der Waals surface area contributed by atoms with Crippen LogP contribution in [0.2, 0.25) is 0 Å². The maximum absolute atomic E-state index is 12.6. The zero-order valence-corrected chi connectivity index (χ0v) is 17.7. The van der Waals surface area contributed by atoms with Crippen LogP contribution < -0.4 is 5.32 Å². The Bertz CT molecular complexity index is 831. The minimum absolute atomic E-state index is 0.222. The van der Waals surface area contributed by atoms with Crippen molar-refractivity contribution >= 4 is 11.9 Å². The molecule has 0 bridgehead atoms. The molecule has 0 saturated carbocycles. The Labute approximate surface area is 177 Å². The van der Waals surface area contributed by atoms with Gasteiger partial charge in [-0.3, -0.25) is 14.9 Å². The smallest absolute Gasteiger partial charge is 0.223 e. The summed E-state index contributed by atoms with van der Waals surface area (Å²) in [6, 6.07) is 8.30. The molecule has 3 heterocycles. The largest absolute Gasteiger partial charge is 0.357 e. The number of nitrogens with one attached hydrogen (secondary N) is 2. The first-order valence-electron chi connectivity index (χ1n) is 11.0. The van der Waals surface area contributed by atoms with Gasteiger partial charge in [-0.2, -0.15) is 5.10 Å². The van der Waals surface area contributed by atoms with E-state index in [9.17, 15) is 4.79 Å². The second-order valence-electron chi connectivity index (χ2n) is 7.99. The first-order valence-corrected chi connectivity index (χ1v) is 11.0. The van der Waals surface area contributed by atoms with E-state index in [0.29, 0.717) is 18.9 Å². The van der Waals surface area contributed by atoms with Gasteiger partial charge in [0.05, 0.1) is 0 Å². The number of fused-ring (bicyclic) bond motifs is 1. The average molecular weight is 410 g/mol. The molecule has 2 aliphatic heterocycles. The number of likely N-dealkylation sites (tertiary alicyclic amines) is 1. The minimum atomic E-state index is 0.222. The molecular formula is C22H31N7O. The van der Waals surface area contributed by atoms with E-state index in [1.807, 2.05) is 17.0 Å². The molecule has 0 spiro atoms. The fourth-order valence-electron chi connectivity index (χ4n) is 4.29. The first-order chi connectivity index (χ1) is 14.7. The van der Waals surface area contributed by atoms with Crippen LogP contribution in [0.1, 0.15) is 55.5 Å². The maximum Gasteiger partial charge on any atom is 0.223 e. The molecule has 0 aliphatic carbocycles. The predicted molar refractivity (Wildman–Crippen MR) is 116 cm³/mol. The topological polar surface area (TPSA) is 89.5 Å². The summed E-state index contributed by atoms with van der Waals surface area (Å²) in [5.74, 6) is 2.60. The highest BCUT2D eigenvalue weighted by molar-refractivity contribution is 5.80. The Morgan fingerprint density at radius 2 is 1.93 bits per heavy atom. The number of piperidine rings is 1. The van der Waals surface area contributed by atoms with E-state index in [2.05, 4.69) is 44.5 Å². The van der Waals surface area contributed by atoms with E-state index >= 15 is 0 Å². The second-order valence-corrected chi connectivity index (χ2v) is 7.99. The average Bonchev–Trinajstić information content (AvgIpc) is 3.46. The molecule has 8 heteroatoms. The molecule has 1 amide bonds. The van der Waals surface area contributed by atoms with Crippen LogP contribution in [0.3, 0.4) is 0 Å². The maximum atomic E-state index is 12.6. The van der Waals surface area contributed by atoms with Crippen molar-refractivity contribution < 1.29 is 4.79 Å². The number of carbonyl (C=O) groups is 1. The Balaban J connectivity index is 1.23. The number of aromatic nitrogens is 3. The van der Waals surface area contributed by atoms with Crippen molar-refractivity contribution in [3.63, 3.8) is 0 Å². The van der Waals surface area contributed by atoms with Gasteiger partial charge in [-0.25, -0.2) is 4.98 Å². The summed E-state index contributed by atoms with van der Waals surface area (Å²) in [4.78, 5) is 25.9. The van der Waals surface area contributed by atoms with E-state index in [-0.39, 0.29) is 5.91 Å². The number of benzene rings is 1. The number of amides is 1. The monoisotopic (exact) mass is 409 g/mol. The molecule has 2 aliphatic rings. The third-order valence-electron chi connectivity index (χ3n) is 5.95. The lowest BCUT2D eigenvalue weighted by molar-refractivity contribution is -0.131. The van der Waals surface area contributed by atoms with E-state index < -0.39 is 0 Å². The quantitative estimate of drug-likeness (QED) is 0.434. The molecule has 2 N–H and O–H groups in total. The van der Waals surface area contributed by atoms with Gasteiger partial charge >= 0.3 is 0 Å². The fraction of sp³-hybridized carbons (Fsp3) is 0.545. The minimum Gasteiger partial charge on any atom is -0.357 e. The van der Waals surface area contributed by atoms with Crippen molar-refractivity contribution in [1.29, 1.82) is 0 Å². The summed E-state index contributed by atoms with van der Waals surface area (Å²) in [5, 5.41) is 10.4. The van der Waals surface area contributed by atoms with E-state index in [1.54, 1.807) is 6.33 Å². The van der Waals surface area contributed by atoms with Gasteiger partial charge < -0.3 is 15.1 Å². The van der Waals surface area contributed by atoms with Crippen LogP contribution in [-0.2, 0) is 17.9 Å². The molecule has 0 radical (unpaired) electrons. The van der Waals surface area contributed by atoms with Crippen LogP contribution >= 0.6 is 0 Å². The van der Waals surface area contributed by atoms with Gasteiger partial charge in [0.2, 0.25) is 5.91 Å². The standard InChI is InChI=1S/C22H31N7O/c1-2-23-22(28-12-9-17(10-13-28)21-25-16-26-27-21)24-11-5-8-20(30)29-14-18-6-3-4-7-19(18)15-29/h3-4,6-7,16-17H,2,5,8-15H2,1H3,(H,23,24)(H,25,26,27). The number of nitrogens with zero attached hydrogens (tertiary/aromatic N) is 5. The molecule has 1 aromatic heterocycles. The van der Waals surface area contributed by atoms with Crippen molar-refractivity contribution in [2.75, 3.05) is 26.2 Å². The van der Waals surface area contributed by atoms with Crippen molar-refractivity contribution in [3.05, 3.63) is 47.5 Å². The SMILES string of the molecule is CCNC(=NCCCC(=O)N1Cc2ccccc2C1)N1CCC(c2ncn[nH]2)CC1. The number of hydrogen-bond donors (Lipinski definition) is 2. The zero-order valence-electron chi connectivity index (χ0n) is 17.7. The fourth-order valence-corrected chi connectivity index (χ4v) is 4.29. The van der Waals surface area contributed by atoms with Gasteiger partial charge in [-0.15, -0.1) is 0 Å². The van der Waals surface area contributed by atoms with Crippen LogP contribution in [0, 0.1) is 0 Å². The van der Waals surface area contributed by atoms with E-state index in [0.717, 1.165) is 63.8 Å². The molecule has 4 rings (SSSR count). The summed E-state index contributed by atoms with van der Waals surface area (Å²) in [7, 11) is 0. The number of carbonyl (C=O) groups excluding carboxylic acids is 1. The van der Waals surface area contributed by atoms with Crippen LogP contribution in [0.25, 0.3) is 0 Å². The lowest BCUT2D eigenvalue weighted by Crippen LogP contribution is -2.45. The van der Waals surface area contributed by atoms with Gasteiger partial charge in [-0.1, -0.05) is 24.3 Å². The van der Waals surface area contributed by atoms with Crippen molar-refractivity contribution in [3.8, 4) is 0 Å². The second kappa shape index (κ2) is 9.73. The van der Waals surface area contributed by atoms with Gasteiger partial charge in [0.25, 0.3) is 0 Å². The summed E-state index contributed by atoms with van der Waals surface area (Å²) in [6.45, 7) is 6.96. The highest BCUT2D eigenvalue weighted by Crippen LogP contribution is 2.25. The van der Waals surface area contributed by atoms with Gasteiger partial charge in [0, 0.05) is 51.6 Å². The normalized spacial score (nSPS) is 17.3. The molecular weight excluding hydrogens is 378 g/mol. The van der Waals surface area contributed by atoms with Crippen molar-refractivity contribution in [2.45, 2.75) is 51.6 Å². The third kappa shape index (κ3) is 4.80. The molecule has 8 nitrogen and oxygen atoms in total. The van der Waals surface area contributed by atoms with Crippen molar-refractivity contribution in [2.24, 2.45) is 4.99 Å². The van der Waals surface area contributed by atoms with E-state index in [4.69, 9.17) is 4.99 Å². The van der Waals surface area contributed by atoms with Gasteiger partial charge in [0.15, 0.2) is 5.96 Å². The molecule has 30 heavy (non-hydrogen) atoms. The summed E-state index contributed by atoms with van der Waals surface area (Å²) < 4.78 is 0. The number of hydrogen-bond acceptors (Lipinski definition) is 4. The number of guanidine groups is 1. The van der Waals surface area contributed by atoms with Crippen molar-refractivity contribution in [1.82, 2.24) is 30.3 Å². The van der Waals surface area contributed by atoms with E-state index in [1.165, 1.54) is 11.1 Å². The number of aromatic amines is 1. The number of aliphatic imine (C=N–C) groups is 1. The summed E-state index contributed by atoms with van der Waals surface area (Å²) in [6.07, 6.45) is 4.97. The summed E-state index contributed by atoms with van der Waals surface area (Å²) in [5.41, 5.74) is 2.54. The lowest BCUT2D eigenvalue weighted by atomic mass is 9.96. The molecule has 1 aromatic carbocycles. The highest BCUT2D eigenvalue weighted by Gasteiger charge is 2.25. The number of H-pyrrole nitrogens is 1. The van der Waals surface area contributed by atoms with Crippen LogP contribution in [0.5, 0.6) is 0 Å². The lowest BCUT2D eigenvalue weighted by Gasteiger charge is -2.33. The Kier molecular flexibility index (Phi) is 6.61. The number of rotatable bonds is 6. The Hall–Kier alpha value is -2.90. The van der Waals surface area contributed by atoms with Gasteiger partial charge in [0.1, 0.15) is 12.2 Å². The molecule has 0 atom stereocenters. The first kappa shape index (κ1) is 20.4. The summed E-state index contributed by atoms with van der Waals surface area (Å²) >= 11 is 0. The zero-order chi connectivity index (χ0) is 20.8. The van der Waals surface area contributed by atoms with Crippen LogP contribution in [0.4, 0.5) is 0 Å². The van der Waals surface area contributed by atoms with Crippen LogP contribution in [0.15, 0.2) is 35.6 Å². The Morgan fingerprint density at radius 3 is 2.57 bits per heavy atom. The molecule has 1 saturated heterocycles. The third-order valence-corrected chi connectivity index (χ3v) is 5.95. The Morgan fingerprint density at radius 1 is 1.20 bits per heavy atom. The van der Waals surface area contributed by atoms with Crippen LogP contribution in [-0.4, -0.2) is 63.0 Å². The highest BCUT2D eigenvalue weighted by atomic mass is 16.2. The molecule has 1 fully saturated rings. The molecule has 0 unspecified atom stereocenters. The predicted octanol–water partition coefficient (Wildman–Crippen LogP) is 2.27.